The summed E-state index contributed by atoms with van der Waals surface area (Å²) in [5.74, 6) is 0. The van der Waals surface area contributed by atoms with Crippen molar-refractivity contribution < 1.29 is 55.1 Å². The predicted octanol–water partition coefficient (Wildman–Crippen LogP) is -5.40. The van der Waals surface area contributed by atoms with Gasteiger partial charge in [-0.2, -0.15) is 0 Å². The van der Waals surface area contributed by atoms with Crippen molar-refractivity contribution in [1.29, 1.82) is 0 Å². The fraction of sp³-hybridized carbons (Fsp3) is 1.00. The molecule has 2 saturated heterocycles. The zero-order valence-electron chi connectivity index (χ0n) is 12.0. The zero-order chi connectivity index (χ0) is 17.3. The van der Waals surface area contributed by atoms with Crippen molar-refractivity contribution in [3.63, 3.8) is 0 Å². The van der Waals surface area contributed by atoms with E-state index in [4.69, 9.17) is 19.3 Å². The first-order valence-electron chi connectivity index (χ1n) is 7.08. The molecule has 0 radical (unpaired) electrons. The molecule has 0 amide bonds. The van der Waals surface area contributed by atoms with Gasteiger partial charge < -0.3 is 55.1 Å². The van der Waals surface area contributed by atoms with Gasteiger partial charge in [0.25, 0.3) is 0 Å². The first-order valence-corrected chi connectivity index (χ1v) is 7.08. The number of hydrogen-bond acceptors (Lipinski definition) is 11. The molecule has 11 heteroatoms. The summed E-state index contributed by atoms with van der Waals surface area (Å²) in [5, 5.41) is 76.5. The van der Waals surface area contributed by atoms with Crippen LogP contribution in [-0.4, -0.2) is 115 Å². The van der Waals surface area contributed by atoms with Crippen LogP contribution < -0.4 is 0 Å². The maximum absolute atomic E-state index is 9.94. The van der Waals surface area contributed by atoms with Crippen LogP contribution in [0.5, 0.6) is 0 Å². The van der Waals surface area contributed by atoms with Crippen molar-refractivity contribution in [3.8, 4) is 0 Å². The molecule has 2 aliphatic rings. The molecule has 23 heavy (non-hydrogen) atoms. The van der Waals surface area contributed by atoms with Gasteiger partial charge in [0.15, 0.2) is 12.6 Å². The van der Waals surface area contributed by atoms with Crippen LogP contribution in [0.1, 0.15) is 0 Å². The summed E-state index contributed by atoms with van der Waals surface area (Å²) in [6.45, 7) is -1.35. The highest BCUT2D eigenvalue weighted by atomic mass is 16.7. The molecule has 0 saturated carbocycles. The van der Waals surface area contributed by atoms with Gasteiger partial charge in [-0.3, -0.25) is 0 Å². The molecular formula is C12H22O11. The van der Waals surface area contributed by atoms with Gasteiger partial charge in [0.05, 0.1) is 13.2 Å². The Kier molecular flexibility index (Phi) is 6.27. The molecule has 2 aliphatic heterocycles. The quantitative estimate of drug-likeness (QED) is 0.243. The molecule has 0 unspecified atom stereocenters. The second-order valence-electron chi connectivity index (χ2n) is 5.53. The number of aliphatic hydroxyl groups excluding tert-OH is 8. The van der Waals surface area contributed by atoms with E-state index >= 15 is 0 Å². The molecule has 0 aliphatic carbocycles. The third kappa shape index (κ3) is 3.65. The number of hydrogen-bond donors (Lipinski definition) is 8. The molecule has 2 fully saturated rings. The van der Waals surface area contributed by atoms with E-state index in [-0.39, 0.29) is 0 Å². The minimum Gasteiger partial charge on any atom is -0.394 e. The van der Waals surface area contributed by atoms with Crippen LogP contribution in [0.15, 0.2) is 0 Å². The predicted molar refractivity (Wildman–Crippen MR) is 68.6 cm³/mol. The van der Waals surface area contributed by atoms with Crippen LogP contribution in [0.4, 0.5) is 0 Å². The Balaban J connectivity index is 2.11. The molecule has 0 bridgehead atoms. The normalized spacial score (nSPS) is 51.7. The van der Waals surface area contributed by atoms with Gasteiger partial charge in [0.2, 0.25) is 0 Å². The maximum atomic E-state index is 9.94. The van der Waals surface area contributed by atoms with E-state index in [0.29, 0.717) is 0 Å². The summed E-state index contributed by atoms with van der Waals surface area (Å²) in [7, 11) is 0. The lowest BCUT2D eigenvalue weighted by Crippen LogP contribution is -2.64. The average molecular weight is 342 g/mol. The Bertz CT molecular complexity index is 378. The van der Waals surface area contributed by atoms with E-state index in [1.165, 1.54) is 0 Å². The van der Waals surface area contributed by atoms with Crippen LogP contribution in [0.25, 0.3) is 0 Å². The number of rotatable bonds is 4. The van der Waals surface area contributed by atoms with E-state index in [1.54, 1.807) is 0 Å². The fourth-order valence-corrected chi connectivity index (χ4v) is 2.57. The SMILES string of the molecule is OC[C@H]1O[C@@H](O[C@H]2[C@H](O)[C@@H](O)[C@H](O)O[C@@H]2CO)[C@@H](O)[C@@H](O)[C@@H]1O. The Labute approximate surface area is 130 Å². The summed E-state index contributed by atoms with van der Waals surface area (Å²) in [4.78, 5) is 0. The summed E-state index contributed by atoms with van der Waals surface area (Å²) < 4.78 is 15.3. The zero-order valence-corrected chi connectivity index (χ0v) is 12.0. The highest BCUT2D eigenvalue weighted by Gasteiger charge is 2.50. The molecule has 0 spiro atoms. The van der Waals surface area contributed by atoms with Gasteiger partial charge in [-0.1, -0.05) is 0 Å². The summed E-state index contributed by atoms with van der Waals surface area (Å²) in [6.07, 6.45) is -15.6. The molecule has 0 aromatic heterocycles. The third-order valence-electron chi connectivity index (χ3n) is 3.98. The van der Waals surface area contributed by atoms with Crippen molar-refractivity contribution in [2.45, 2.75) is 61.4 Å². The van der Waals surface area contributed by atoms with E-state index < -0.39 is 74.6 Å². The molecule has 2 rings (SSSR count). The van der Waals surface area contributed by atoms with Crippen molar-refractivity contribution in [2.24, 2.45) is 0 Å². The van der Waals surface area contributed by atoms with Crippen molar-refractivity contribution in [1.82, 2.24) is 0 Å². The van der Waals surface area contributed by atoms with Crippen LogP contribution in [0, 0.1) is 0 Å². The largest absolute Gasteiger partial charge is 0.394 e. The number of aliphatic hydroxyl groups is 8. The molecule has 2 heterocycles. The van der Waals surface area contributed by atoms with E-state index in [1.807, 2.05) is 0 Å². The highest BCUT2D eigenvalue weighted by molar-refractivity contribution is 4.93. The second kappa shape index (κ2) is 7.63. The van der Waals surface area contributed by atoms with Crippen LogP contribution in [-0.2, 0) is 14.2 Å². The minimum atomic E-state index is -1.74. The summed E-state index contributed by atoms with van der Waals surface area (Å²) in [5.41, 5.74) is 0. The van der Waals surface area contributed by atoms with Gasteiger partial charge >= 0.3 is 0 Å². The third-order valence-corrected chi connectivity index (χ3v) is 3.98. The van der Waals surface area contributed by atoms with E-state index in [9.17, 15) is 35.7 Å². The first-order chi connectivity index (χ1) is 10.8. The van der Waals surface area contributed by atoms with Crippen LogP contribution in [0.2, 0.25) is 0 Å². The lowest BCUT2D eigenvalue weighted by molar-refractivity contribution is -0.355. The Morgan fingerprint density at radius 2 is 1.26 bits per heavy atom. The molecule has 10 atom stereocenters. The summed E-state index contributed by atoms with van der Waals surface area (Å²) in [6, 6.07) is 0. The lowest BCUT2D eigenvalue weighted by atomic mass is 9.97. The average Bonchev–Trinajstić information content (AvgIpc) is 2.55. The molecular weight excluding hydrogens is 320 g/mol. The lowest BCUT2D eigenvalue weighted by Gasteiger charge is -2.45. The minimum absolute atomic E-state index is 0.667. The van der Waals surface area contributed by atoms with Gasteiger partial charge in [-0.15, -0.1) is 0 Å². The molecule has 136 valence electrons. The molecule has 0 aromatic carbocycles. The molecule has 8 N–H and O–H groups in total. The van der Waals surface area contributed by atoms with Crippen LogP contribution in [0.3, 0.4) is 0 Å². The van der Waals surface area contributed by atoms with E-state index in [2.05, 4.69) is 0 Å². The topological polar surface area (TPSA) is 190 Å². The second-order valence-corrected chi connectivity index (χ2v) is 5.53. The number of ether oxygens (including phenoxy) is 3. The molecule has 11 nitrogen and oxygen atoms in total. The van der Waals surface area contributed by atoms with Gasteiger partial charge in [-0.05, 0) is 0 Å². The Morgan fingerprint density at radius 1 is 0.652 bits per heavy atom. The van der Waals surface area contributed by atoms with Crippen LogP contribution >= 0.6 is 0 Å². The van der Waals surface area contributed by atoms with Crippen molar-refractivity contribution in [2.75, 3.05) is 13.2 Å². The van der Waals surface area contributed by atoms with Crippen molar-refractivity contribution >= 4 is 0 Å². The highest BCUT2D eigenvalue weighted by Crippen LogP contribution is 2.28. The van der Waals surface area contributed by atoms with Gasteiger partial charge in [-0.25, -0.2) is 0 Å². The van der Waals surface area contributed by atoms with Gasteiger partial charge in [0, 0.05) is 0 Å². The monoisotopic (exact) mass is 342 g/mol. The molecule has 0 aromatic rings. The summed E-state index contributed by atoms with van der Waals surface area (Å²) >= 11 is 0. The Hall–Kier alpha value is -0.440. The first kappa shape index (κ1) is 18.9. The van der Waals surface area contributed by atoms with Crippen molar-refractivity contribution in [3.05, 3.63) is 0 Å². The standard InChI is InChI=1S/C12H22O11/c13-1-3-5(15)6(16)9(19)12(22-3)23-10-4(2-14)21-11(20)8(18)7(10)17/h3-20H,1-2H2/t3-,4-,5-,6+,7-,8-,9+,10-,11-,12+/m1/s1. The Morgan fingerprint density at radius 3 is 1.83 bits per heavy atom. The van der Waals surface area contributed by atoms with Gasteiger partial charge in [0.1, 0.15) is 48.8 Å². The smallest absolute Gasteiger partial charge is 0.187 e. The van der Waals surface area contributed by atoms with E-state index in [0.717, 1.165) is 0 Å². The fourth-order valence-electron chi connectivity index (χ4n) is 2.57. The maximum Gasteiger partial charge on any atom is 0.187 e.